The van der Waals surface area contributed by atoms with Crippen LogP contribution in [0.25, 0.3) is 22.0 Å². The number of fused-ring (bicyclic) bond motifs is 1. The van der Waals surface area contributed by atoms with E-state index in [1.54, 1.807) is 6.07 Å². The van der Waals surface area contributed by atoms with Crippen molar-refractivity contribution in [3.05, 3.63) is 82.4 Å². The van der Waals surface area contributed by atoms with E-state index >= 15 is 0 Å². The number of pyridine rings is 1. The van der Waals surface area contributed by atoms with E-state index in [0.29, 0.717) is 16.5 Å². The zero-order valence-corrected chi connectivity index (χ0v) is 17.9. The van der Waals surface area contributed by atoms with Gasteiger partial charge in [0.15, 0.2) is 0 Å². The number of rotatable bonds is 5. The third kappa shape index (κ3) is 3.67. The van der Waals surface area contributed by atoms with E-state index in [9.17, 15) is 9.59 Å². The summed E-state index contributed by atoms with van der Waals surface area (Å²) >= 11 is 0. The Hall–Kier alpha value is -3.84. The quantitative estimate of drug-likeness (QED) is 0.452. The zero-order chi connectivity index (χ0) is 22.2. The van der Waals surface area contributed by atoms with Gasteiger partial charge in [-0.15, -0.1) is 0 Å². The number of ether oxygens (including phenoxy) is 1. The number of nitrogens with one attached hydrogen (secondary N) is 3. The van der Waals surface area contributed by atoms with Crippen molar-refractivity contribution >= 4 is 16.7 Å². The predicted molar refractivity (Wildman–Crippen MR) is 124 cm³/mol. The highest BCUT2D eigenvalue weighted by Gasteiger charge is 2.26. The van der Waals surface area contributed by atoms with Crippen LogP contribution in [0.3, 0.4) is 0 Å². The van der Waals surface area contributed by atoms with E-state index < -0.39 is 0 Å². The lowest BCUT2D eigenvalue weighted by Gasteiger charge is -2.36. The van der Waals surface area contributed by atoms with Crippen LogP contribution in [0.2, 0.25) is 0 Å². The molecule has 2 aromatic heterocycles. The Morgan fingerprint density at radius 2 is 1.78 bits per heavy atom. The Morgan fingerprint density at radius 1 is 1.06 bits per heavy atom. The first kappa shape index (κ1) is 20.1. The second kappa shape index (κ2) is 8.01. The van der Waals surface area contributed by atoms with Crippen LogP contribution in [-0.2, 0) is 0 Å². The molecule has 2 aromatic carbocycles. The zero-order valence-electron chi connectivity index (χ0n) is 17.9. The van der Waals surface area contributed by atoms with E-state index in [2.05, 4.69) is 20.2 Å². The molecule has 1 fully saturated rings. The molecule has 0 bridgehead atoms. The highest BCUT2D eigenvalue weighted by atomic mass is 16.5. The summed E-state index contributed by atoms with van der Waals surface area (Å²) in [5.74, 6) is 1.10. The van der Waals surface area contributed by atoms with Gasteiger partial charge in [0.05, 0.1) is 17.1 Å². The van der Waals surface area contributed by atoms with E-state index in [0.717, 1.165) is 35.8 Å². The maximum atomic E-state index is 12.9. The molecule has 7 heteroatoms. The second-order valence-electron chi connectivity index (χ2n) is 8.23. The van der Waals surface area contributed by atoms with Gasteiger partial charge in [-0.1, -0.05) is 30.3 Å². The number of para-hydroxylation sites is 2. The lowest BCUT2D eigenvalue weighted by molar-refractivity contribution is 0.0852. The van der Waals surface area contributed by atoms with Crippen LogP contribution in [-0.4, -0.2) is 47.0 Å². The minimum absolute atomic E-state index is 0.0964. The molecule has 1 aliphatic rings. The van der Waals surface area contributed by atoms with Crippen molar-refractivity contribution in [3.8, 4) is 22.8 Å². The molecule has 32 heavy (non-hydrogen) atoms. The van der Waals surface area contributed by atoms with Gasteiger partial charge < -0.3 is 24.9 Å². The van der Waals surface area contributed by atoms with Crippen LogP contribution < -0.4 is 15.6 Å². The van der Waals surface area contributed by atoms with E-state index in [4.69, 9.17) is 4.74 Å². The molecule has 1 amide bonds. The smallest absolute Gasteiger partial charge is 0.268 e. The summed E-state index contributed by atoms with van der Waals surface area (Å²) in [7, 11) is 2.00. The van der Waals surface area contributed by atoms with Crippen molar-refractivity contribution in [3.63, 3.8) is 0 Å². The van der Waals surface area contributed by atoms with Crippen molar-refractivity contribution < 1.29 is 9.53 Å². The van der Waals surface area contributed by atoms with Crippen LogP contribution in [0.15, 0.2) is 65.5 Å². The second-order valence-corrected chi connectivity index (χ2v) is 8.23. The summed E-state index contributed by atoms with van der Waals surface area (Å²) in [4.78, 5) is 33.8. The van der Waals surface area contributed by atoms with Crippen molar-refractivity contribution in [2.45, 2.75) is 13.0 Å². The van der Waals surface area contributed by atoms with Crippen LogP contribution in [0, 0.1) is 6.92 Å². The first-order valence-electron chi connectivity index (χ1n) is 10.6. The summed E-state index contributed by atoms with van der Waals surface area (Å²) in [5, 5.41) is 4.20. The minimum atomic E-state index is -0.292. The number of aryl methyl sites for hydroxylation is 1. The van der Waals surface area contributed by atoms with Gasteiger partial charge in [0.2, 0.25) is 0 Å². The number of aromatic nitrogens is 2. The molecule has 0 unspecified atom stereocenters. The number of carbonyl (C=O) groups excluding carboxylic acids is 1. The molecular weight excluding hydrogens is 404 g/mol. The van der Waals surface area contributed by atoms with Gasteiger partial charge in [-0.05, 0) is 44.3 Å². The first-order chi connectivity index (χ1) is 15.5. The average Bonchev–Trinajstić information content (AvgIpc) is 3.10. The summed E-state index contributed by atoms with van der Waals surface area (Å²) in [6, 6.07) is 19.0. The number of H-pyrrole nitrogens is 2. The number of nitrogens with zero attached hydrogens (tertiary/aromatic N) is 1. The molecule has 0 radical (unpaired) electrons. The number of hydrogen-bond donors (Lipinski definition) is 3. The van der Waals surface area contributed by atoms with Crippen LogP contribution in [0.1, 0.15) is 16.2 Å². The standard InChI is InChI=1S/C25H24N4O3/c1-15-22-19(12-20(28-25(22)31)24(30)27-16-13-29(2)14-16)23(26-15)18-10-6-7-11-21(18)32-17-8-4-3-5-9-17/h3-12,16,26H,13-14H2,1-2H3,(H,27,30)(H,28,31). The van der Waals surface area contributed by atoms with Gasteiger partial charge in [-0.2, -0.15) is 0 Å². The monoisotopic (exact) mass is 428 g/mol. The van der Waals surface area contributed by atoms with Gasteiger partial charge in [-0.25, -0.2) is 0 Å². The van der Waals surface area contributed by atoms with Crippen molar-refractivity contribution in [2.75, 3.05) is 20.1 Å². The van der Waals surface area contributed by atoms with Crippen LogP contribution in [0.4, 0.5) is 0 Å². The minimum Gasteiger partial charge on any atom is -0.457 e. The number of hydrogen-bond acceptors (Lipinski definition) is 4. The highest BCUT2D eigenvalue weighted by Crippen LogP contribution is 2.37. The lowest BCUT2D eigenvalue weighted by atomic mass is 10.1. The third-order valence-electron chi connectivity index (χ3n) is 5.76. The van der Waals surface area contributed by atoms with Gasteiger partial charge >= 0.3 is 0 Å². The number of likely N-dealkylation sites (N-methyl/N-ethyl adjacent to an activating group) is 1. The van der Waals surface area contributed by atoms with Crippen LogP contribution >= 0.6 is 0 Å². The van der Waals surface area contributed by atoms with Gasteiger partial charge in [0, 0.05) is 29.7 Å². The third-order valence-corrected chi connectivity index (χ3v) is 5.76. The normalized spacial score (nSPS) is 14.3. The van der Waals surface area contributed by atoms with E-state index in [-0.39, 0.29) is 23.2 Å². The molecule has 4 aromatic rings. The Morgan fingerprint density at radius 3 is 2.53 bits per heavy atom. The first-order valence-corrected chi connectivity index (χ1v) is 10.6. The number of amides is 1. The van der Waals surface area contributed by atoms with Gasteiger partial charge in [0.25, 0.3) is 11.5 Å². The summed E-state index contributed by atoms with van der Waals surface area (Å²) in [6.45, 7) is 3.46. The molecule has 1 aliphatic heterocycles. The molecule has 0 spiro atoms. The van der Waals surface area contributed by atoms with Crippen molar-refractivity contribution in [2.24, 2.45) is 0 Å². The number of aromatic amines is 2. The topological polar surface area (TPSA) is 90.2 Å². The number of benzene rings is 2. The van der Waals surface area contributed by atoms with Gasteiger partial charge in [-0.3, -0.25) is 9.59 Å². The Kier molecular flexibility index (Phi) is 5.03. The Labute approximate surface area is 185 Å². The number of likely N-dealkylation sites (tertiary alicyclic amines) is 1. The molecule has 1 saturated heterocycles. The Balaban J connectivity index is 1.57. The molecule has 0 saturated carbocycles. The molecule has 0 aliphatic carbocycles. The molecule has 7 nitrogen and oxygen atoms in total. The SMILES string of the molecule is Cc1[nH]c(-c2ccccc2Oc2ccccc2)c2cc(C(=O)NC3CN(C)C3)[nH]c(=O)c12. The molecule has 5 rings (SSSR count). The molecule has 3 heterocycles. The predicted octanol–water partition coefficient (Wildman–Crippen LogP) is 3.67. The maximum Gasteiger partial charge on any atom is 0.268 e. The fraction of sp³-hybridized carbons (Fsp3) is 0.200. The lowest BCUT2D eigenvalue weighted by Crippen LogP contribution is -2.57. The van der Waals surface area contributed by atoms with Crippen molar-refractivity contribution in [1.29, 1.82) is 0 Å². The highest BCUT2D eigenvalue weighted by molar-refractivity contribution is 6.03. The fourth-order valence-electron chi connectivity index (χ4n) is 4.21. The largest absolute Gasteiger partial charge is 0.457 e. The van der Waals surface area contributed by atoms with Crippen LogP contribution in [0.5, 0.6) is 11.5 Å². The Bertz CT molecular complexity index is 1350. The molecule has 3 N–H and O–H groups in total. The van der Waals surface area contributed by atoms with Crippen molar-refractivity contribution in [1.82, 2.24) is 20.2 Å². The van der Waals surface area contributed by atoms with E-state index in [1.165, 1.54) is 0 Å². The fourth-order valence-corrected chi connectivity index (χ4v) is 4.21. The summed E-state index contributed by atoms with van der Waals surface area (Å²) in [6.07, 6.45) is 0. The summed E-state index contributed by atoms with van der Waals surface area (Å²) < 4.78 is 6.12. The summed E-state index contributed by atoms with van der Waals surface area (Å²) in [5.41, 5.74) is 2.25. The molecule has 162 valence electrons. The van der Waals surface area contributed by atoms with Gasteiger partial charge in [0.1, 0.15) is 17.2 Å². The molecule has 0 atom stereocenters. The van der Waals surface area contributed by atoms with E-state index in [1.807, 2.05) is 68.6 Å². The molecular formula is C25H24N4O3. The number of carbonyl (C=O) groups is 1. The maximum absolute atomic E-state index is 12.9. The average molecular weight is 428 g/mol.